The van der Waals surface area contributed by atoms with Crippen LogP contribution in [0.1, 0.15) is 28.7 Å². The Morgan fingerprint density at radius 2 is 2.19 bits per heavy atom. The van der Waals surface area contributed by atoms with Gasteiger partial charge in [-0.3, -0.25) is 0 Å². The number of aromatic carboxylic acids is 1. The number of carboxylic acids is 1. The Morgan fingerprint density at radius 3 is 2.75 bits per heavy atom. The van der Waals surface area contributed by atoms with Crippen LogP contribution in [0.4, 0.5) is 0 Å². The molecule has 0 aliphatic carbocycles. The Kier molecular flexibility index (Phi) is 3.05. The van der Waals surface area contributed by atoms with E-state index in [1.165, 1.54) is 11.3 Å². The highest BCUT2D eigenvalue weighted by Crippen LogP contribution is 2.23. The molecule has 0 atom stereocenters. The molecule has 0 aliphatic heterocycles. The number of carbonyl (C=O) groups is 1. The van der Waals surface area contributed by atoms with Crippen molar-refractivity contribution in [2.24, 2.45) is 0 Å². The number of carboxylic acid groups (broad SMARTS) is 1. The summed E-state index contributed by atoms with van der Waals surface area (Å²) in [6.45, 7) is 2.03. The van der Waals surface area contributed by atoms with Crippen LogP contribution in [0.5, 0.6) is 0 Å². The van der Waals surface area contributed by atoms with Gasteiger partial charge in [-0.2, -0.15) is 0 Å². The molecule has 5 heteroatoms. The molecule has 0 amide bonds. The summed E-state index contributed by atoms with van der Waals surface area (Å²) in [7, 11) is 0. The van der Waals surface area contributed by atoms with E-state index in [0.29, 0.717) is 5.13 Å². The van der Waals surface area contributed by atoms with E-state index in [4.69, 9.17) is 5.11 Å². The first-order chi connectivity index (χ1) is 7.72. The van der Waals surface area contributed by atoms with Crippen LogP contribution in [-0.2, 0) is 6.42 Å². The quantitative estimate of drug-likeness (QED) is 0.887. The van der Waals surface area contributed by atoms with Gasteiger partial charge in [0, 0.05) is 17.3 Å². The molecule has 0 unspecified atom stereocenters. The molecule has 0 saturated heterocycles. The first-order valence-electron chi connectivity index (χ1n) is 5.08. The molecular weight excluding hydrogens is 224 g/mol. The zero-order valence-corrected chi connectivity index (χ0v) is 9.70. The topological polar surface area (TPSA) is 55.1 Å². The van der Waals surface area contributed by atoms with Crippen molar-refractivity contribution >= 4 is 17.3 Å². The average Bonchev–Trinajstić information content (AvgIpc) is 2.83. The normalized spacial score (nSPS) is 10.6. The number of nitrogens with zero attached hydrogens (tertiary/aromatic N) is 2. The van der Waals surface area contributed by atoms with E-state index in [1.54, 1.807) is 0 Å². The number of aromatic nitrogens is 2. The highest BCUT2D eigenvalue weighted by molar-refractivity contribution is 7.14. The second-order valence-corrected chi connectivity index (χ2v) is 4.48. The Morgan fingerprint density at radius 1 is 1.50 bits per heavy atom. The minimum Gasteiger partial charge on any atom is -0.476 e. The van der Waals surface area contributed by atoms with Crippen LogP contribution in [0.15, 0.2) is 24.5 Å². The lowest BCUT2D eigenvalue weighted by Crippen LogP contribution is -2.01. The van der Waals surface area contributed by atoms with Crippen LogP contribution < -0.4 is 0 Å². The van der Waals surface area contributed by atoms with Crippen molar-refractivity contribution < 1.29 is 9.90 Å². The molecule has 2 rings (SSSR count). The second kappa shape index (κ2) is 4.49. The van der Waals surface area contributed by atoms with Crippen molar-refractivity contribution in [3.8, 4) is 5.13 Å². The van der Waals surface area contributed by atoms with E-state index in [1.807, 2.05) is 36.0 Å². The van der Waals surface area contributed by atoms with Crippen molar-refractivity contribution in [3.05, 3.63) is 35.1 Å². The van der Waals surface area contributed by atoms with Gasteiger partial charge in [0.25, 0.3) is 0 Å². The molecule has 4 nitrogen and oxygen atoms in total. The summed E-state index contributed by atoms with van der Waals surface area (Å²) >= 11 is 1.44. The highest BCUT2D eigenvalue weighted by atomic mass is 32.1. The second-order valence-electron chi connectivity index (χ2n) is 3.41. The van der Waals surface area contributed by atoms with Gasteiger partial charge in [0.1, 0.15) is 0 Å². The summed E-state index contributed by atoms with van der Waals surface area (Å²) in [6, 6.07) is 3.78. The minimum absolute atomic E-state index is 0.190. The lowest BCUT2D eigenvalue weighted by Gasteiger charge is -1.93. The molecule has 0 aromatic carbocycles. The summed E-state index contributed by atoms with van der Waals surface area (Å²) in [5.74, 6) is -0.946. The number of thiazole rings is 1. The van der Waals surface area contributed by atoms with E-state index >= 15 is 0 Å². The van der Waals surface area contributed by atoms with E-state index in [-0.39, 0.29) is 5.69 Å². The molecule has 2 aromatic rings. The van der Waals surface area contributed by atoms with Crippen molar-refractivity contribution in [1.29, 1.82) is 0 Å². The van der Waals surface area contributed by atoms with Gasteiger partial charge in [0.15, 0.2) is 10.8 Å². The fourth-order valence-electron chi connectivity index (χ4n) is 1.48. The molecule has 0 radical (unpaired) electrons. The van der Waals surface area contributed by atoms with Gasteiger partial charge in [-0.25, -0.2) is 9.78 Å². The summed E-state index contributed by atoms with van der Waals surface area (Å²) in [5, 5.41) is 9.75. The van der Waals surface area contributed by atoms with Crippen LogP contribution in [0.3, 0.4) is 0 Å². The van der Waals surface area contributed by atoms with E-state index < -0.39 is 5.97 Å². The lowest BCUT2D eigenvalue weighted by molar-refractivity contribution is 0.0690. The van der Waals surface area contributed by atoms with Crippen LogP contribution in [0, 0.1) is 0 Å². The van der Waals surface area contributed by atoms with Crippen LogP contribution in [0.2, 0.25) is 0 Å². The first-order valence-corrected chi connectivity index (χ1v) is 5.90. The largest absolute Gasteiger partial charge is 0.476 e. The molecule has 0 fully saturated rings. The van der Waals surface area contributed by atoms with E-state index in [0.717, 1.165) is 17.7 Å². The van der Waals surface area contributed by atoms with Crippen LogP contribution in [0.25, 0.3) is 5.13 Å². The maximum atomic E-state index is 11.0. The van der Waals surface area contributed by atoms with Crippen molar-refractivity contribution in [1.82, 2.24) is 9.55 Å². The standard InChI is InChI=1S/C11H12N2O2S/c1-2-5-8-9(10(14)15)12-11(16-8)13-6-3-4-7-13/h3-4,6-7H,2,5H2,1H3,(H,14,15). The predicted octanol–water partition coefficient (Wildman–Crippen LogP) is 2.58. The van der Waals surface area contributed by atoms with Gasteiger partial charge < -0.3 is 9.67 Å². The third kappa shape index (κ3) is 1.99. The molecule has 0 saturated carbocycles. The van der Waals surface area contributed by atoms with E-state index in [9.17, 15) is 4.79 Å². The highest BCUT2D eigenvalue weighted by Gasteiger charge is 2.16. The Balaban J connectivity index is 2.42. The third-order valence-corrected chi connectivity index (χ3v) is 3.32. The predicted molar refractivity (Wildman–Crippen MR) is 62.4 cm³/mol. The molecule has 1 N–H and O–H groups in total. The summed E-state index contributed by atoms with van der Waals surface area (Å²) < 4.78 is 1.83. The summed E-state index contributed by atoms with van der Waals surface area (Å²) in [5.41, 5.74) is 0.190. The molecule has 2 aromatic heterocycles. The van der Waals surface area contributed by atoms with E-state index in [2.05, 4.69) is 4.98 Å². The number of rotatable bonds is 4. The van der Waals surface area contributed by atoms with Crippen molar-refractivity contribution in [3.63, 3.8) is 0 Å². The average molecular weight is 236 g/mol. The number of hydrogen-bond donors (Lipinski definition) is 1. The third-order valence-electron chi connectivity index (χ3n) is 2.19. The SMILES string of the molecule is CCCc1sc(-n2cccc2)nc1C(=O)O. The van der Waals surface area contributed by atoms with Gasteiger partial charge >= 0.3 is 5.97 Å². The zero-order chi connectivity index (χ0) is 11.5. The molecular formula is C11H12N2O2S. The Hall–Kier alpha value is -1.62. The van der Waals surface area contributed by atoms with Crippen molar-refractivity contribution in [2.75, 3.05) is 0 Å². The maximum Gasteiger partial charge on any atom is 0.355 e. The monoisotopic (exact) mass is 236 g/mol. The van der Waals surface area contributed by atoms with Gasteiger partial charge in [0.05, 0.1) is 0 Å². The zero-order valence-electron chi connectivity index (χ0n) is 8.88. The first kappa shape index (κ1) is 10.9. The molecule has 0 bridgehead atoms. The van der Waals surface area contributed by atoms with Crippen LogP contribution >= 0.6 is 11.3 Å². The summed E-state index contributed by atoms with van der Waals surface area (Å²) in [6.07, 6.45) is 5.41. The van der Waals surface area contributed by atoms with Crippen molar-refractivity contribution in [2.45, 2.75) is 19.8 Å². The molecule has 16 heavy (non-hydrogen) atoms. The van der Waals surface area contributed by atoms with Gasteiger partial charge in [-0.15, -0.1) is 11.3 Å². The number of hydrogen-bond acceptors (Lipinski definition) is 3. The Bertz CT molecular complexity index is 488. The fourth-order valence-corrected chi connectivity index (χ4v) is 2.60. The number of aryl methyl sites for hydroxylation is 1. The molecule has 0 spiro atoms. The lowest BCUT2D eigenvalue weighted by atomic mass is 10.2. The van der Waals surface area contributed by atoms with Gasteiger partial charge in [0.2, 0.25) is 0 Å². The van der Waals surface area contributed by atoms with Crippen LogP contribution in [-0.4, -0.2) is 20.6 Å². The molecule has 0 aliphatic rings. The van der Waals surface area contributed by atoms with Gasteiger partial charge in [-0.1, -0.05) is 13.3 Å². The molecule has 84 valence electrons. The molecule has 2 heterocycles. The minimum atomic E-state index is -0.946. The fraction of sp³-hybridized carbons (Fsp3) is 0.273. The smallest absolute Gasteiger partial charge is 0.355 e. The summed E-state index contributed by atoms with van der Waals surface area (Å²) in [4.78, 5) is 16.0. The maximum absolute atomic E-state index is 11.0. The van der Waals surface area contributed by atoms with Gasteiger partial charge in [-0.05, 0) is 18.6 Å². The Labute approximate surface area is 97.2 Å².